The van der Waals surface area contributed by atoms with Gasteiger partial charge in [0, 0.05) is 24.3 Å². The Balaban J connectivity index is 3.10. The summed E-state index contributed by atoms with van der Waals surface area (Å²) >= 11 is 0. The van der Waals surface area contributed by atoms with E-state index in [1.54, 1.807) is 6.07 Å². The van der Waals surface area contributed by atoms with Crippen molar-refractivity contribution in [1.82, 2.24) is 0 Å². The summed E-state index contributed by atoms with van der Waals surface area (Å²) in [7, 11) is 0. The number of carbonyl (C=O) groups is 1. The highest BCUT2D eigenvalue weighted by atomic mass is 19.1. The van der Waals surface area contributed by atoms with Crippen LogP contribution in [-0.2, 0) is 0 Å². The van der Waals surface area contributed by atoms with Gasteiger partial charge in [-0.1, -0.05) is 0 Å². The first kappa shape index (κ1) is 13.2. The smallest absolute Gasteiger partial charge is 0.161 e. The topological polar surface area (TPSA) is 44.1 Å². The van der Waals surface area contributed by atoms with Crippen molar-refractivity contribution in [3.8, 4) is 6.07 Å². The van der Waals surface area contributed by atoms with Gasteiger partial charge in [-0.05, 0) is 32.0 Å². The van der Waals surface area contributed by atoms with Crippen LogP contribution in [0.1, 0.15) is 30.6 Å². The van der Waals surface area contributed by atoms with Gasteiger partial charge in [0.1, 0.15) is 5.82 Å². The number of Topliss-reactive ketones (excluding diaryl/α,β-unsaturated/α-hetero) is 1. The van der Waals surface area contributed by atoms with Crippen LogP contribution in [-0.4, -0.2) is 18.9 Å². The van der Waals surface area contributed by atoms with E-state index < -0.39 is 5.82 Å². The van der Waals surface area contributed by atoms with E-state index in [1.807, 2.05) is 11.8 Å². The second kappa shape index (κ2) is 6.00. The molecule has 1 rings (SSSR count). The summed E-state index contributed by atoms with van der Waals surface area (Å²) in [5, 5.41) is 8.58. The zero-order valence-electron chi connectivity index (χ0n) is 10.0. The van der Waals surface area contributed by atoms with Gasteiger partial charge in [0.15, 0.2) is 5.78 Å². The molecular formula is C13H15FN2O. The van der Waals surface area contributed by atoms with E-state index in [9.17, 15) is 9.18 Å². The molecule has 0 aromatic heterocycles. The molecule has 0 saturated heterocycles. The van der Waals surface area contributed by atoms with E-state index in [2.05, 4.69) is 6.07 Å². The third kappa shape index (κ3) is 3.28. The van der Waals surface area contributed by atoms with E-state index in [-0.39, 0.29) is 5.78 Å². The van der Waals surface area contributed by atoms with Gasteiger partial charge >= 0.3 is 0 Å². The SMILES string of the molecule is CCN(CCC#N)c1ccc(F)cc1C(C)=O. The Morgan fingerprint density at radius 1 is 1.53 bits per heavy atom. The molecular weight excluding hydrogens is 219 g/mol. The second-order valence-electron chi connectivity index (χ2n) is 3.71. The van der Waals surface area contributed by atoms with Gasteiger partial charge in [-0.2, -0.15) is 5.26 Å². The fraction of sp³-hybridized carbons (Fsp3) is 0.385. The second-order valence-corrected chi connectivity index (χ2v) is 3.71. The Labute approximate surface area is 100 Å². The number of hydrogen-bond donors (Lipinski definition) is 0. The minimum Gasteiger partial charge on any atom is -0.370 e. The van der Waals surface area contributed by atoms with Crippen LogP contribution in [0.4, 0.5) is 10.1 Å². The molecule has 0 spiro atoms. The highest BCUT2D eigenvalue weighted by Crippen LogP contribution is 2.22. The maximum atomic E-state index is 13.1. The van der Waals surface area contributed by atoms with E-state index in [0.29, 0.717) is 30.8 Å². The predicted octanol–water partition coefficient (Wildman–Crippen LogP) is 2.77. The minimum absolute atomic E-state index is 0.171. The van der Waals surface area contributed by atoms with Crippen LogP contribution in [0.3, 0.4) is 0 Å². The molecule has 0 fully saturated rings. The summed E-state index contributed by atoms with van der Waals surface area (Å²) in [4.78, 5) is 13.4. The Bertz CT molecular complexity index is 451. The van der Waals surface area contributed by atoms with Crippen molar-refractivity contribution in [2.75, 3.05) is 18.0 Å². The van der Waals surface area contributed by atoms with Gasteiger partial charge in [0.05, 0.1) is 12.5 Å². The average molecular weight is 234 g/mol. The van der Waals surface area contributed by atoms with Crippen LogP contribution >= 0.6 is 0 Å². The van der Waals surface area contributed by atoms with Crippen molar-refractivity contribution in [3.05, 3.63) is 29.6 Å². The molecule has 1 aromatic carbocycles. The summed E-state index contributed by atoms with van der Waals surface area (Å²) in [5.74, 6) is -0.592. The fourth-order valence-corrected chi connectivity index (χ4v) is 1.70. The van der Waals surface area contributed by atoms with Gasteiger partial charge in [-0.25, -0.2) is 4.39 Å². The summed E-state index contributed by atoms with van der Waals surface area (Å²) in [6.45, 7) is 4.56. The first-order valence-corrected chi connectivity index (χ1v) is 5.52. The van der Waals surface area contributed by atoms with Gasteiger partial charge < -0.3 is 4.90 Å². The van der Waals surface area contributed by atoms with Crippen molar-refractivity contribution in [2.24, 2.45) is 0 Å². The molecule has 3 nitrogen and oxygen atoms in total. The lowest BCUT2D eigenvalue weighted by Crippen LogP contribution is -2.25. The minimum atomic E-state index is -0.421. The van der Waals surface area contributed by atoms with Crippen LogP contribution in [0.2, 0.25) is 0 Å². The van der Waals surface area contributed by atoms with Gasteiger partial charge in [-0.3, -0.25) is 4.79 Å². The van der Waals surface area contributed by atoms with Crippen molar-refractivity contribution in [2.45, 2.75) is 20.3 Å². The van der Waals surface area contributed by atoms with E-state index in [4.69, 9.17) is 5.26 Å². The Kier molecular flexibility index (Phi) is 4.65. The fourth-order valence-electron chi connectivity index (χ4n) is 1.70. The molecule has 0 saturated carbocycles. The lowest BCUT2D eigenvalue weighted by molar-refractivity contribution is 0.101. The zero-order chi connectivity index (χ0) is 12.8. The maximum absolute atomic E-state index is 13.1. The molecule has 0 N–H and O–H groups in total. The molecule has 0 amide bonds. The van der Waals surface area contributed by atoms with Crippen molar-refractivity contribution in [3.63, 3.8) is 0 Å². The number of carbonyl (C=O) groups excluding carboxylic acids is 1. The Morgan fingerprint density at radius 2 is 2.24 bits per heavy atom. The molecule has 0 radical (unpaired) electrons. The van der Waals surface area contributed by atoms with Crippen LogP contribution in [0.5, 0.6) is 0 Å². The van der Waals surface area contributed by atoms with Crippen LogP contribution in [0, 0.1) is 17.1 Å². The Hall–Kier alpha value is -1.89. The average Bonchev–Trinajstić information content (AvgIpc) is 2.31. The molecule has 0 atom stereocenters. The third-order valence-electron chi connectivity index (χ3n) is 2.55. The lowest BCUT2D eigenvalue weighted by atomic mass is 10.1. The number of nitriles is 1. The summed E-state index contributed by atoms with van der Waals surface area (Å²) < 4.78 is 13.1. The van der Waals surface area contributed by atoms with E-state index in [1.165, 1.54) is 19.1 Å². The number of halogens is 1. The van der Waals surface area contributed by atoms with Crippen molar-refractivity contribution >= 4 is 11.5 Å². The van der Waals surface area contributed by atoms with E-state index >= 15 is 0 Å². The first-order chi connectivity index (χ1) is 8.10. The van der Waals surface area contributed by atoms with Crippen LogP contribution in [0.25, 0.3) is 0 Å². The number of nitrogens with zero attached hydrogens (tertiary/aromatic N) is 2. The molecule has 0 heterocycles. The molecule has 0 aliphatic carbocycles. The highest BCUT2D eigenvalue weighted by Gasteiger charge is 2.13. The number of hydrogen-bond acceptors (Lipinski definition) is 3. The van der Waals surface area contributed by atoms with Crippen molar-refractivity contribution in [1.29, 1.82) is 5.26 Å². The number of benzene rings is 1. The first-order valence-electron chi connectivity index (χ1n) is 5.52. The maximum Gasteiger partial charge on any atom is 0.161 e. The van der Waals surface area contributed by atoms with Crippen LogP contribution < -0.4 is 4.90 Å². The molecule has 17 heavy (non-hydrogen) atoms. The summed E-state index contributed by atoms with van der Waals surface area (Å²) in [5.41, 5.74) is 1.06. The molecule has 0 aliphatic rings. The third-order valence-corrected chi connectivity index (χ3v) is 2.55. The van der Waals surface area contributed by atoms with Crippen molar-refractivity contribution < 1.29 is 9.18 Å². The normalized spacial score (nSPS) is 9.76. The monoisotopic (exact) mass is 234 g/mol. The number of ketones is 1. The highest BCUT2D eigenvalue weighted by molar-refractivity contribution is 5.99. The quantitative estimate of drug-likeness (QED) is 0.736. The molecule has 1 aromatic rings. The summed E-state index contributed by atoms with van der Waals surface area (Å²) in [6.07, 6.45) is 0.378. The lowest BCUT2D eigenvalue weighted by Gasteiger charge is -2.24. The van der Waals surface area contributed by atoms with Gasteiger partial charge in [0.2, 0.25) is 0 Å². The van der Waals surface area contributed by atoms with E-state index in [0.717, 1.165) is 0 Å². The molecule has 0 unspecified atom stereocenters. The standard InChI is InChI=1S/C13H15FN2O/c1-3-16(8-4-7-15)13-6-5-11(14)9-12(13)10(2)17/h5-6,9H,3-4,8H2,1-2H3. The van der Waals surface area contributed by atoms with Gasteiger partial charge in [0.25, 0.3) is 0 Å². The molecule has 0 bridgehead atoms. The summed E-state index contributed by atoms with van der Waals surface area (Å²) in [6, 6.07) is 6.22. The predicted molar refractivity (Wildman–Crippen MR) is 64.5 cm³/mol. The number of anilines is 1. The zero-order valence-corrected chi connectivity index (χ0v) is 10.0. The largest absolute Gasteiger partial charge is 0.370 e. The molecule has 90 valence electrons. The van der Waals surface area contributed by atoms with Gasteiger partial charge in [-0.15, -0.1) is 0 Å². The van der Waals surface area contributed by atoms with Crippen LogP contribution in [0.15, 0.2) is 18.2 Å². The molecule has 4 heteroatoms. The molecule has 0 aliphatic heterocycles. The Morgan fingerprint density at radius 3 is 2.76 bits per heavy atom. The number of rotatable bonds is 5.